The molecular weight excluding hydrogens is 468 g/mol. The van der Waals surface area contributed by atoms with E-state index >= 15 is 0 Å². The molecule has 0 bridgehead atoms. The fraction of sp³-hybridized carbons (Fsp3) is 0.192. The lowest BCUT2D eigenvalue weighted by molar-refractivity contribution is -0.117. The van der Waals surface area contributed by atoms with Crippen LogP contribution in [0, 0.1) is 0 Å². The summed E-state index contributed by atoms with van der Waals surface area (Å²) >= 11 is 6.10. The summed E-state index contributed by atoms with van der Waals surface area (Å²) in [5.41, 5.74) is 2.04. The van der Waals surface area contributed by atoms with Gasteiger partial charge < -0.3 is 20.6 Å². The fourth-order valence-corrected chi connectivity index (χ4v) is 4.10. The molecule has 8 nitrogen and oxygen atoms in total. The predicted molar refractivity (Wildman–Crippen MR) is 137 cm³/mol. The minimum atomic E-state index is -1.12. The van der Waals surface area contributed by atoms with E-state index in [0.717, 1.165) is 5.69 Å². The van der Waals surface area contributed by atoms with E-state index < -0.39 is 5.97 Å². The number of carbonyl (C=O) groups is 3. The van der Waals surface area contributed by atoms with Crippen LogP contribution in [0.4, 0.5) is 17.1 Å². The summed E-state index contributed by atoms with van der Waals surface area (Å²) in [6.07, 6.45) is 0. The predicted octanol–water partition coefficient (Wildman–Crippen LogP) is 4.05. The number of hydrogen-bond donors (Lipinski definition) is 3. The van der Waals surface area contributed by atoms with E-state index in [9.17, 15) is 19.5 Å². The topological polar surface area (TPSA) is 102 Å². The molecule has 0 aliphatic carbocycles. The Hall–Kier alpha value is -3.88. The number of nitrogens with one attached hydrogen (secondary N) is 2. The lowest BCUT2D eigenvalue weighted by Crippen LogP contribution is -2.48. The van der Waals surface area contributed by atoms with Crippen molar-refractivity contribution in [1.82, 2.24) is 4.90 Å². The molecule has 3 aromatic rings. The molecule has 1 aliphatic rings. The van der Waals surface area contributed by atoms with Gasteiger partial charge in [-0.2, -0.15) is 0 Å². The number of rotatable bonds is 7. The number of para-hydroxylation sites is 1. The summed E-state index contributed by atoms with van der Waals surface area (Å²) in [6.45, 7) is 2.79. The number of halogens is 1. The highest BCUT2D eigenvalue weighted by atomic mass is 35.5. The molecule has 2 amide bonds. The highest BCUT2D eigenvalue weighted by molar-refractivity contribution is 6.33. The molecule has 35 heavy (non-hydrogen) atoms. The third kappa shape index (κ3) is 6.17. The Morgan fingerprint density at radius 2 is 1.51 bits per heavy atom. The van der Waals surface area contributed by atoms with Crippen LogP contribution in [0.2, 0.25) is 5.02 Å². The van der Waals surface area contributed by atoms with Crippen molar-refractivity contribution >= 4 is 46.4 Å². The van der Waals surface area contributed by atoms with Gasteiger partial charge in [0.05, 0.1) is 28.5 Å². The van der Waals surface area contributed by atoms with Gasteiger partial charge in [-0.15, -0.1) is 0 Å². The Morgan fingerprint density at radius 3 is 2.20 bits per heavy atom. The molecule has 0 atom stereocenters. The van der Waals surface area contributed by atoms with Crippen LogP contribution in [0.3, 0.4) is 0 Å². The molecule has 3 aromatic carbocycles. The Balaban J connectivity index is 1.36. The van der Waals surface area contributed by atoms with Crippen molar-refractivity contribution in [3.05, 3.63) is 88.9 Å². The largest absolute Gasteiger partial charge is 0.478 e. The van der Waals surface area contributed by atoms with Crippen molar-refractivity contribution < 1.29 is 19.5 Å². The Labute approximate surface area is 208 Å². The normalized spacial score (nSPS) is 13.8. The van der Waals surface area contributed by atoms with E-state index in [1.54, 1.807) is 66.7 Å². The standard InChI is InChI=1S/C26H25ClN4O4/c27-21-8-4-5-9-23(21)28-24(32)17-30-12-14-31(15-13-30)19-10-11-22(20(16-19)26(34)35)29-25(33)18-6-2-1-3-7-18/h1-11,16H,12-15,17H2,(H,28,32)(H,29,33)(H,34,35). The Bertz CT molecular complexity index is 1230. The average Bonchev–Trinajstić information content (AvgIpc) is 2.86. The third-order valence-electron chi connectivity index (χ3n) is 5.77. The maximum absolute atomic E-state index is 12.5. The van der Waals surface area contributed by atoms with Crippen LogP contribution in [0.15, 0.2) is 72.8 Å². The SMILES string of the molecule is O=C(CN1CCN(c2ccc(NC(=O)c3ccccc3)c(C(=O)O)c2)CC1)Nc1ccccc1Cl. The first-order valence-corrected chi connectivity index (χ1v) is 11.5. The first kappa shape index (κ1) is 24.3. The number of carbonyl (C=O) groups excluding carboxylic acids is 2. The molecule has 0 aromatic heterocycles. The van der Waals surface area contributed by atoms with E-state index in [-0.39, 0.29) is 29.6 Å². The van der Waals surface area contributed by atoms with Crippen LogP contribution in [-0.2, 0) is 4.79 Å². The molecule has 4 rings (SSSR count). The first-order chi connectivity index (χ1) is 16.9. The number of anilines is 3. The minimum Gasteiger partial charge on any atom is -0.478 e. The number of amides is 2. The number of carboxylic acid groups (broad SMARTS) is 1. The maximum Gasteiger partial charge on any atom is 0.337 e. The lowest BCUT2D eigenvalue weighted by atomic mass is 10.1. The molecule has 0 saturated carbocycles. The van der Waals surface area contributed by atoms with Crippen LogP contribution in [-0.4, -0.2) is 60.5 Å². The zero-order chi connectivity index (χ0) is 24.8. The monoisotopic (exact) mass is 492 g/mol. The smallest absolute Gasteiger partial charge is 0.337 e. The molecule has 1 heterocycles. The van der Waals surface area contributed by atoms with Gasteiger partial charge in [-0.3, -0.25) is 14.5 Å². The van der Waals surface area contributed by atoms with Crippen LogP contribution >= 0.6 is 11.6 Å². The second-order valence-corrected chi connectivity index (χ2v) is 8.55. The van der Waals surface area contributed by atoms with E-state index in [1.165, 1.54) is 0 Å². The Morgan fingerprint density at radius 1 is 0.829 bits per heavy atom. The molecule has 9 heteroatoms. The van der Waals surface area contributed by atoms with E-state index in [4.69, 9.17) is 11.6 Å². The van der Waals surface area contributed by atoms with Gasteiger partial charge in [0.1, 0.15) is 0 Å². The van der Waals surface area contributed by atoms with Gasteiger partial charge in [0, 0.05) is 37.4 Å². The van der Waals surface area contributed by atoms with E-state index in [2.05, 4.69) is 15.5 Å². The molecule has 0 spiro atoms. The summed E-state index contributed by atoms with van der Waals surface area (Å²) in [7, 11) is 0. The highest BCUT2D eigenvalue weighted by Crippen LogP contribution is 2.25. The number of nitrogens with zero attached hydrogens (tertiary/aromatic N) is 2. The molecular formula is C26H25ClN4O4. The van der Waals surface area contributed by atoms with Gasteiger partial charge in [0.2, 0.25) is 5.91 Å². The number of piperazine rings is 1. The van der Waals surface area contributed by atoms with E-state index in [1.807, 2.05) is 11.0 Å². The second-order valence-electron chi connectivity index (χ2n) is 8.15. The molecule has 0 radical (unpaired) electrons. The van der Waals surface area contributed by atoms with Gasteiger partial charge in [-0.25, -0.2) is 4.79 Å². The van der Waals surface area contributed by atoms with Crippen molar-refractivity contribution in [3.63, 3.8) is 0 Å². The fourth-order valence-electron chi connectivity index (χ4n) is 3.92. The quantitative estimate of drug-likeness (QED) is 0.460. The molecule has 0 unspecified atom stereocenters. The van der Waals surface area contributed by atoms with Gasteiger partial charge in [-0.05, 0) is 42.5 Å². The van der Waals surface area contributed by atoms with Crippen LogP contribution < -0.4 is 15.5 Å². The minimum absolute atomic E-state index is 0.0216. The highest BCUT2D eigenvalue weighted by Gasteiger charge is 2.22. The van der Waals surface area contributed by atoms with Crippen LogP contribution in [0.1, 0.15) is 20.7 Å². The molecule has 1 aliphatic heterocycles. The lowest BCUT2D eigenvalue weighted by Gasteiger charge is -2.36. The Kier molecular flexibility index (Phi) is 7.64. The molecule has 1 fully saturated rings. The van der Waals surface area contributed by atoms with Gasteiger partial charge in [0.15, 0.2) is 0 Å². The number of benzene rings is 3. The van der Waals surface area contributed by atoms with Crippen molar-refractivity contribution in [3.8, 4) is 0 Å². The second kappa shape index (κ2) is 11.0. The molecule has 3 N–H and O–H groups in total. The molecule has 1 saturated heterocycles. The van der Waals surface area contributed by atoms with Gasteiger partial charge >= 0.3 is 5.97 Å². The summed E-state index contributed by atoms with van der Waals surface area (Å²) in [4.78, 5) is 40.9. The maximum atomic E-state index is 12.5. The first-order valence-electron chi connectivity index (χ1n) is 11.2. The van der Waals surface area contributed by atoms with Gasteiger partial charge in [-0.1, -0.05) is 41.9 Å². The van der Waals surface area contributed by atoms with Crippen molar-refractivity contribution in [2.75, 3.05) is 48.3 Å². The number of aromatic carboxylic acids is 1. The van der Waals surface area contributed by atoms with Gasteiger partial charge in [0.25, 0.3) is 5.91 Å². The third-order valence-corrected chi connectivity index (χ3v) is 6.10. The van der Waals surface area contributed by atoms with Crippen molar-refractivity contribution in [2.24, 2.45) is 0 Å². The summed E-state index contributed by atoms with van der Waals surface area (Å²) in [5, 5.41) is 15.7. The summed E-state index contributed by atoms with van der Waals surface area (Å²) in [6, 6.07) is 20.7. The van der Waals surface area contributed by atoms with Crippen LogP contribution in [0.25, 0.3) is 0 Å². The van der Waals surface area contributed by atoms with Crippen molar-refractivity contribution in [2.45, 2.75) is 0 Å². The zero-order valence-corrected chi connectivity index (χ0v) is 19.7. The number of hydrogen-bond acceptors (Lipinski definition) is 5. The number of carboxylic acids is 1. The average molecular weight is 493 g/mol. The van der Waals surface area contributed by atoms with E-state index in [0.29, 0.717) is 42.5 Å². The zero-order valence-electron chi connectivity index (χ0n) is 18.9. The summed E-state index contributed by atoms with van der Waals surface area (Å²) < 4.78 is 0. The summed E-state index contributed by atoms with van der Waals surface area (Å²) in [5.74, 6) is -1.63. The van der Waals surface area contributed by atoms with Crippen LogP contribution in [0.5, 0.6) is 0 Å². The van der Waals surface area contributed by atoms with Crippen molar-refractivity contribution in [1.29, 1.82) is 0 Å². The molecule has 180 valence electrons.